The highest BCUT2D eigenvalue weighted by Crippen LogP contribution is 2.38. The Morgan fingerprint density at radius 3 is 2.19 bits per heavy atom. The smallest absolute Gasteiger partial charge is 0.308 e. The molecule has 1 fully saturated rings. The maximum Gasteiger partial charge on any atom is 0.308 e. The summed E-state index contributed by atoms with van der Waals surface area (Å²) in [5.41, 5.74) is 4.62. The highest BCUT2D eigenvalue weighted by atomic mass is 19.1. The van der Waals surface area contributed by atoms with E-state index in [1.807, 2.05) is 0 Å². The van der Waals surface area contributed by atoms with Gasteiger partial charge in [0.2, 0.25) is 0 Å². The number of aliphatic hydroxyl groups is 1. The van der Waals surface area contributed by atoms with Crippen molar-refractivity contribution in [2.24, 2.45) is 0 Å². The van der Waals surface area contributed by atoms with Gasteiger partial charge in [-0.1, -0.05) is 26.0 Å². The second-order valence-corrected chi connectivity index (χ2v) is 8.65. The van der Waals surface area contributed by atoms with E-state index in [0.717, 1.165) is 28.1 Å². The summed E-state index contributed by atoms with van der Waals surface area (Å²) in [5, 5.41) is 9.95. The van der Waals surface area contributed by atoms with Gasteiger partial charge < -0.3 is 14.4 Å². The third-order valence-corrected chi connectivity index (χ3v) is 5.90. The van der Waals surface area contributed by atoms with Crippen LogP contribution in [0.25, 0.3) is 22.4 Å². The quantitative estimate of drug-likeness (QED) is 0.503. The molecule has 0 bridgehead atoms. The summed E-state index contributed by atoms with van der Waals surface area (Å²) in [7, 11) is 0. The lowest BCUT2D eigenvalue weighted by Gasteiger charge is -2.27. The van der Waals surface area contributed by atoms with Crippen LogP contribution in [0.5, 0.6) is 0 Å². The highest BCUT2D eigenvalue weighted by Gasteiger charge is 2.28. The molecule has 4 nitrogen and oxygen atoms in total. The Kier molecular flexibility index (Phi) is 6.42. The number of cyclic esters (lactones) is 1. The summed E-state index contributed by atoms with van der Waals surface area (Å²) >= 11 is 0. The molecule has 2 atom stereocenters. The molecule has 32 heavy (non-hydrogen) atoms. The Bertz CT molecular complexity index is 1090. The zero-order valence-electron chi connectivity index (χ0n) is 18.2. The minimum atomic E-state index is -0.679. The van der Waals surface area contributed by atoms with Gasteiger partial charge in [-0.3, -0.25) is 4.79 Å². The summed E-state index contributed by atoms with van der Waals surface area (Å²) < 4.78 is 34.8. The van der Waals surface area contributed by atoms with Crippen LogP contribution in [0.4, 0.5) is 8.78 Å². The van der Waals surface area contributed by atoms with Crippen LogP contribution in [-0.4, -0.2) is 27.9 Å². The summed E-state index contributed by atoms with van der Waals surface area (Å²) in [6.45, 7) is 4.75. The van der Waals surface area contributed by atoms with E-state index in [0.29, 0.717) is 19.4 Å². The van der Waals surface area contributed by atoms with Crippen LogP contribution in [0.15, 0.2) is 54.6 Å². The topological polar surface area (TPSA) is 51.5 Å². The zero-order valence-corrected chi connectivity index (χ0v) is 18.2. The molecule has 0 radical (unpaired) electrons. The summed E-state index contributed by atoms with van der Waals surface area (Å²) in [4.78, 5) is 11.8. The number of nitrogens with zero attached hydrogens (tertiary/aromatic N) is 1. The van der Waals surface area contributed by atoms with Gasteiger partial charge in [-0.05, 0) is 59.5 Å². The number of halogens is 2. The van der Waals surface area contributed by atoms with Crippen LogP contribution < -0.4 is 0 Å². The van der Waals surface area contributed by atoms with Crippen molar-refractivity contribution >= 4 is 5.97 Å². The van der Waals surface area contributed by atoms with Gasteiger partial charge in [0.15, 0.2) is 0 Å². The van der Waals surface area contributed by atoms with E-state index < -0.39 is 6.10 Å². The lowest BCUT2D eigenvalue weighted by Crippen LogP contribution is -2.33. The molecule has 1 aliphatic rings. The SMILES string of the molecule is CC(C)c1cc(-c2ccc(F)cc2)c(-c2ccc(F)cc2)n1CCC1C[C@@H](O)CC(=O)O1. The number of aliphatic hydroxyl groups excluding tert-OH is 1. The van der Waals surface area contributed by atoms with Crippen molar-refractivity contribution in [2.75, 3.05) is 0 Å². The fourth-order valence-electron chi connectivity index (χ4n) is 4.37. The minimum Gasteiger partial charge on any atom is -0.462 e. The molecule has 1 aliphatic heterocycles. The molecular weight excluding hydrogens is 412 g/mol. The normalized spacial score (nSPS) is 18.8. The third-order valence-electron chi connectivity index (χ3n) is 5.90. The first-order valence-electron chi connectivity index (χ1n) is 10.9. The second kappa shape index (κ2) is 9.25. The first-order valence-corrected chi connectivity index (χ1v) is 10.9. The number of carbonyl (C=O) groups is 1. The van der Waals surface area contributed by atoms with Crippen molar-refractivity contribution in [3.63, 3.8) is 0 Å². The van der Waals surface area contributed by atoms with Crippen molar-refractivity contribution in [3.8, 4) is 22.4 Å². The molecule has 6 heteroatoms. The highest BCUT2D eigenvalue weighted by molar-refractivity contribution is 5.83. The molecule has 0 amide bonds. The van der Waals surface area contributed by atoms with Gasteiger partial charge in [-0.2, -0.15) is 0 Å². The molecule has 0 aliphatic carbocycles. The number of carbonyl (C=O) groups excluding carboxylic acids is 1. The molecule has 1 saturated heterocycles. The maximum absolute atomic E-state index is 13.6. The Hall–Kier alpha value is -2.99. The van der Waals surface area contributed by atoms with Crippen LogP contribution in [0.2, 0.25) is 0 Å². The summed E-state index contributed by atoms with van der Waals surface area (Å²) in [5.74, 6) is -0.806. The lowest BCUT2D eigenvalue weighted by atomic mass is 10.0. The molecule has 1 aromatic heterocycles. The van der Waals surface area contributed by atoms with Gasteiger partial charge in [0.1, 0.15) is 17.7 Å². The van der Waals surface area contributed by atoms with Gasteiger partial charge in [0.05, 0.1) is 18.2 Å². The molecule has 4 rings (SSSR count). The Balaban J connectivity index is 1.78. The van der Waals surface area contributed by atoms with Gasteiger partial charge in [-0.25, -0.2) is 8.78 Å². The van der Waals surface area contributed by atoms with Crippen molar-refractivity contribution in [1.29, 1.82) is 0 Å². The maximum atomic E-state index is 13.6. The zero-order chi connectivity index (χ0) is 22.8. The minimum absolute atomic E-state index is 0.0345. The van der Waals surface area contributed by atoms with Crippen molar-refractivity contribution in [2.45, 2.75) is 57.8 Å². The molecule has 0 spiro atoms. The number of esters is 1. The van der Waals surface area contributed by atoms with Gasteiger partial charge in [0, 0.05) is 30.6 Å². The first kappa shape index (κ1) is 22.2. The van der Waals surface area contributed by atoms with Gasteiger partial charge in [-0.15, -0.1) is 0 Å². The third kappa shape index (κ3) is 4.75. The van der Waals surface area contributed by atoms with Crippen LogP contribution in [0.3, 0.4) is 0 Å². The number of rotatable bonds is 6. The van der Waals surface area contributed by atoms with Crippen molar-refractivity contribution in [1.82, 2.24) is 4.57 Å². The summed E-state index contributed by atoms with van der Waals surface area (Å²) in [6.07, 6.45) is -0.0345. The van der Waals surface area contributed by atoms with Crippen molar-refractivity contribution < 1.29 is 23.4 Å². The number of benzene rings is 2. The van der Waals surface area contributed by atoms with Crippen LogP contribution in [0.1, 0.15) is 44.7 Å². The number of hydrogen-bond acceptors (Lipinski definition) is 3. The average molecular weight is 440 g/mol. The van der Waals surface area contributed by atoms with E-state index in [9.17, 15) is 18.7 Å². The molecule has 3 aromatic rings. The van der Waals surface area contributed by atoms with E-state index in [2.05, 4.69) is 24.5 Å². The van der Waals surface area contributed by atoms with Crippen molar-refractivity contribution in [3.05, 3.63) is 71.9 Å². The molecular formula is C26H27F2NO3. The standard InChI is InChI=1S/C26H27F2NO3/c1-16(2)24-15-23(17-3-7-19(27)8-4-17)26(18-5-9-20(28)10-6-18)29(24)12-11-22-13-21(30)14-25(31)32-22/h3-10,15-16,21-22,30H,11-14H2,1-2H3/t21-,22?/m1/s1. The van der Waals surface area contributed by atoms with Gasteiger partial charge in [0.25, 0.3) is 0 Å². The second-order valence-electron chi connectivity index (χ2n) is 8.65. The van der Waals surface area contributed by atoms with E-state index in [1.165, 1.54) is 24.3 Å². The van der Waals surface area contributed by atoms with Gasteiger partial charge >= 0.3 is 5.97 Å². The van der Waals surface area contributed by atoms with Crippen LogP contribution in [0, 0.1) is 11.6 Å². The lowest BCUT2D eigenvalue weighted by molar-refractivity contribution is -0.160. The van der Waals surface area contributed by atoms with E-state index in [1.54, 1.807) is 24.3 Å². The fourth-order valence-corrected chi connectivity index (χ4v) is 4.37. The molecule has 2 heterocycles. The van der Waals surface area contributed by atoms with Crippen LogP contribution in [-0.2, 0) is 16.1 Å². The Morgan fingerprint density at radius 1 is 1.03 bits per heavy atom. The molecule has 1 N–H and O–H groups in total. The number of ether oxygens (including phenoxy) is 1. The monoisotopic (exact) mass is 439 g/mol. The molecule has 1 unspecified atom stereocenters. The average Bonchev–Trinajstić information content (AvgIpc) is 3.12. The van der Waals surface area contributed by atoms with E-state index in [4.69, 9.17) is 4.74 Å². The number of aromatic nitrogens is 1. The molecule has 0 saturated carbocycles. The molecule has 2 aromatic carbocycles. The Morgan fingerprint density at radius 2 is 1.62 bits per heavy atom. The predicted molar refractivity (Wildman–Crippen MR) is 119 cm³/mol. The summed E-state index contributed by atoms with van der Waals surface area (Å²) in [6, 6.07) is 14.8. The fraction of sp³-hybridized carbons (Fsp3) is 0.346. The Labute approximate surface area is 186 Å². The largest absolute Gasteiger partial charge is 0.462 e. The first-order chi connectivity index (χ1) is 15.3. The van der Waals surface area contributed by atoms with E-state index in [-0.39, 0.29) is 36.0 Å². The van der Waals surface area contributed by atoms with Crippen LogP contribution >= 0.6 is 0 Å². The number of hydrogen-bond donors (Lipinski definition) is 1. The molecule has 168 valence electrons. The predicted octanol–water partition coefficient (Wildman–Crippen LogP) is 5.68. The van der Waals surface area contributed by atoms with E-state index >= 15 is 0 Å².